The Labute approximate surface area is 136 Å². The van der Waals surface area contributed by atoms with Crippen LogP contribution in [-0.4, -0.2) is 44.2 Å². The summed E-state index contributed by atoms with van der Waals surface area (Å²) in [5, 5.41) is 2.93. The van der Waals surface area contributed by atoms with Gasteiger partial charge in [-0.25, -0.2) is 4.79 Å². The number of hydrogen-bond donors (Lipinski definition) is 1. The Morgan fingerprint density at radius 2 is 1.61 bits per heavy atom. The number of carbonyl (C=O) groups excluding carboxylic acids is 1. The van der Waals surface area contributed by atoms with Crippen molar-refractivity contribution in [2.24, 2.45) is 0 Å². The first-order chi connectivity index (χ1) is 11.3. The summed E-state index contributed by atoms with van der Waals surface area (Å²) in [5.74, 6) is 0.777. The van der Waals surface area contributed by atoms with E-state index in [-0.39, 0.29) is 6.03 Å². The molecule has 0 aliphatic carbocycles. The average Bonchev–Trinajstić information content (AvgIpc) is 2.63. The Bertz CT molecular complexity index is 635. The second-order valence-corrected chi connectivity index (χ2v) is 5.47. The normalized spacial score (nSPS) is 14.5. The van der Waals surface area contributed by atoms with E-state index in [1.54, 1.807) is 7.11 Å². The van der Waals surface area contributed by atoms with Gasteiger partial charge in [0.25, 0.3) is 0 Å². The molecule has 2 amide bonds. The molecule has 0 bridgehead atoms. The molecule has 1 heterocycles. The van der Waals surface area contributed by atoms with Crippen LogP contribution >= 0.6 is 0 Å². The minimum Gasteiger partial charge on any atom is -0.497 e. The van der Waals surface area contributed by atoms with Crippen molar-refractivity contribution in [3.8, 4) is 5.75 Å². The van der Waals surface area contributed by atoms with E-state index in [2.05, 4.69) is 22.3 Å². The van der Waals surface area contributed by atoms with Crippen LogP contribution in [0.15, 0.2) is 54.6 Å². The van der Waals surface area contributed by atoms with Gasteiger partial charge in [-0.2, -0.15) is 0 Å². The van der Waals surface area contributed by atoms with Gasteiger partial charge in [-0.3, -0.25) is 0 Å². The van der Waals surface area contributed by atoms with E-state index in [0.717, 1.165) is 37.6 Å². The summed E-state index contributed by atoms with van der Waals surface area (Å²) in [4.78, 5) is 16.5. The third kappa shape index (κ3) is 3.74. The van der Waals surface area contributed by atoms with E-state index < -0.39 is 0 Å². The van der Waals surface area contributed by atoms with Gasteiger partial charge in [0.05, 0.1) is 7.11 Å². The minimum absolute atomic E-state index is 0.0529. The molecule has 1 aliphatic rings. The van der Waals surface area contributed by atoms with Crippen LogP contribution in [0.1, 0.15) is 0 Å². The molecule has 5 heteroatoms. The number of amides is 2. The lowest BCUT2D eigenvalue weighted by Gasteiger charge is -2.36. The molecule has 2 aromatic rings. The number of ether oxygens (including phenoxy) is 1. The molecule has 3 rings (SSSR count). The van der Waals surface area contributed by atoms with E-state index >= 15 is 0 Å². The largest absolute Gasteiger partial charge is 0.497 e. The van der Waals surface area contributed by atoms with E-state index in [0.29, 0.717) is 0 Å². The highest BCUT2D eigenvalue weighted by Crippen LogP contribution is 2.18. The summed E-state index contributed by atoms with van der Waals surface area (Å²) >= 11 is 0. The van der Waals surface area contributed by atoms with Crippen LogP contribution in [-0.2, 0) is 0 Å². The molecule has 1 fully saturated rings. The van der Waals surface area contributed by atoms with Gasteiger partial charge in [0.1, 0.15) is 5.75 Å². The lowest BCUT2D eigenvalue weighted by atomic mass is 10.2. The molecule has 0 atom stereocenters. The molecule has 1 aliphatic heterocycles. The predicted molar refractivity (Wildman–Crippen MR) is 92.2 cm³/mol. The number of hydrogen-bond acceptors (Lipinski definition) is 3. The maximum Gasteiger partial charge on any atom is 0.321 e. The number of nitrogens with one attached hydrogen (secondary N) is 1. The fourth-order valence-electron chi connectivity index (χ4n) is 2.68. The van der Waals surface area contributed by atoms with Gasteiger partial charge in [-0.05, 0) is 36.4 Å². The Morgan fingerprint density at radius 1 is 0.957 bits per heavy atom. The van der Waals surface area contributed by atoms with Crippen molar-refractivity contribution in [1.82, 2.24) is 4.90 Å². The first-order valence-corrected chi connectivity index (χ1v) is 7.76. The van der Waals surface area contributed by atoms with Crippen molar-refractivity contribution in [1.29, 1.82) is 0 Å². The topological polar surface area (TPSA) is 44.8 Å². The zero-order valence-electron chi connectivity index (χ0n) is 13.2. The van der Waals surface area contributed by atoms with Crippen LogP contribution in [0.2, 0.25) is 0 Å². The molecule has 120 valence electrons. The maximum atomic E-state index is 12.3. The summed E-state index contributed by atoms with van der Waals surface area (Å²) < 4.78 is 5.12. The van der Waals surface area contributed by atoms with Crippen LogP contribution in [0.3, 0.4) is 0 Å². The molecule has 0 spiro atoms. The van der Waals surface area contributed by atoms with E-state index in [4.69, 9.17) is 4.74 Å². The van der Waals surface area contributed by atoms with Crippen LogP contribution in [0.4, 0.5) is 16.2 Å². The summed E-state index contributed by atoms with van der Waals surface area (Å²) in [7, 11) is 1.62. The highest BCUT2D eigenvalue weighted by molar-refractivity contribution is 5.89. The number of nitrogens with zero attached hydrogens (tertiary/aromatic N) is 2. The number of carbonyl (C=O) groups is 1. The standard InChI is InChI=1S/C18H21N3O2/c1-23-17-9-7-15(8-10-17)19-18(22)21-13-11-20(12-14-21)16-5-3-2-4-6-16/h2-10H,11-14H2,1H3,(H,19,22). The molecule has 0 radical (unpaired) electrons. The van der Waals surface area contributed by atoms with Crippen molar-refractivity contribution >= 4 is 17.4 Å². The van der Waals surface area contributed by atoms with Gasteiger partial charge >= 0.3 is 6.03 Å². The van der Waals surface area contributed by atoms with Crippen LogP contribution in [0.25, 0.3) is 0 Å². The van der Waals surface area contributed by atoms with E-state index in [1.165, 1.54) is 5.69 Å². The Balaban J connectivity index is 1.53. The molecular formula is C18H21N3O2. The molecule has 23 heavy (non-hydrogen) atoms. The summed E-state index contributed by atoms with van der Waals surface area (Å²) in [6.45, 7) is 3.13. The number of methoxy groups -OCH3 is 1. The minimum atomic E-state index is -0.0529. The molecule has 1 N–H and O–H groups in total. The lowest BCUT2D eigenvalue weighted by Crippen LogP contribution is -2.50. The molecule has 1 saturated heterocycles. The van der Waals surface area contributed by atoms with Crippen LogP contribution < -0.4 is 15.0 Å². The Hall–Kier alpha value is -2.69. The SMILES string of the molecule is COc1ccc(NC(=O)N2CCN(c3ccccc3)CC2)cc1. The Kier molecular flexibility index (Phi) is 4.66. The third-order valence-electron chi connectivity index (χ3n) is 4.03. The maximum absolute atomic E-state index is 12.3. The first-order valence-electron chi connectivity index (χ1n) is 7.76. The van der Waals surface area contributed by atoms with Crippen molar-refractivity contribution < 1.29 is 9.53 Å². The number of urea groups is 1. The fraction of sp³-hybridized carbons (Fsp3) is 0.278. The molecule has 2 aromatic carbocycles. The van der Waals surface area contributed by atoms with E-state index in [1.807, 2.05) is 47.4 Å². The number of anilines is 2. The number of para-hydroxylation sites is 1. The predicted octanol–water partition coefficient (Wildman–Crippen LogP) is 3.05. The van der Waals surface area contributed by atoms with Crippen LogP contribution in [0.5, 0.6) is 5.75 Å². The second kappa shape index (κ2) is 7.05. The lowest BCUT2D eigenvalue weighted by molar-refractivity contribution is 0.208. The van der Waals surface area contributed by atoms with Gasteiger partial charge in [0.2, 0.25) is 0 Å². The number of piperazine rings is 1. The van der Waals surface area contributed by atoms with Gasteiger partial charge in [0.15, 0.2) is 0 Å². The summed E-state index contributed by atoms with van der Waals surface area (Å²) in [6.07, 6.45) is 0. The zero-order chi connectivity index (χ0) is 16.1. The quantitative estimate of drug-likeness (QED) is 0.947. The van der Waals surface area contributed by atoms with Crippen molar-refractivity contribution in [2.45, 2.75) is 0 Å². The summed E-state index contributed by atoms with van der Waals surface area (Å²) in [6, 6.07) is 17.6. The highest BCUT2D eigenvalue weighted by Gasteiger charge is 2.21. The molecule has 0 saturated carbocycles. The smallest absolute Gasteiger partial charge is 0.321 e. The summed E-state index contributed by atoms with van der Waals surface area (Å²) in [5.41, 5.74) is 1.99. The molecule has 5 nitrogen and oxygen atoms in total. The van der Waals surface area contributed by atoms with Crippen molar-refractivity contribution in [3.05, 3.63) is 54.6 Å². The van der Waals surface area contributed by atoms with Gasteiger partial charge in [-0.1, -0.05) is 18.2 Å². The zero-order valence-corrected chi connectivity index (χ0v) is 13.2. The van der Waals surface area contributed by atoms with Gasteiger partial charge in [0, 0.05) is 37.6 Å². The highest BCUT2D eigenvalue weighted by atomic mass is 16.5. The third-order valence-corrected chi connectivity index (χ3v) is 4.03. The van der Waals surface area contributed by atoms with Gasteiger partial charge < -0.3 is 19.9 Å². The monoisotopic (exact) mass is 311 g/mol. The molecule has 0 unspecified atom stereocenters. The van der Waals surface area contributed by atoms with Gasteiger partial charge in [-0.15, -0.1) is 0 Å². The van der Waals surface area contributed by atoms with Crippen molar-refractivity contribution in [2.75, 3.05) is 43.5 Å². The average molecular weight is 311 g/mol. The first kappa shape index (κ1) is 15.2. The number of benzene rings is 2. The fourth-order valence-corrected chi connectivity index (χ4v) is 2.68. The van der Waals surface area contributed by atoms with E-state index in [9.17, 15) is 4.79 Å². The second-order valence-electron chi connectivity index (χ2n) is 5.47. The van der Waals surface area contributed by atoms with Crippen molar-refractivity contribution in [3.63, 3.8) is 0 Å². The molecule has 0 aromatic heterocycles. The Morgan fingerprint density at radius 3 is 2.22 bits per heavy atom. The molecular weight excluding hydrogens is 290 g/mol. The van der Waals surface area contributed by atoms with Crippen LogP contribution in [0, 0.1) is 0 Å². The number of rotatable bonds is 3.